The van der Waals surface area contributed by atoms with Gasteiger partial charge < -0.3 is 15.5 Å². The summed E-state index contributed by atoms with van der Waals surface area (Å²) in [6, 6.07) is 8.24. The van der Waals surface area contributed by atoms with Gasteiger partial charge in [-0.2, -0.15) is 0 Å². The molecule has 0 heterocycles. The molecule has 2 N–H and O–H groups in total. The Bertz CT molecular complexity index is 398. The van der Waals surface area contributed by atoms with E-state index in [9.17, 15) is 4.79 Å². The second-order valence-electron chi connectivity index (χ2n) is 4.80. The summed E-state index contributed by atoms with van der Waals surface area (Å²) in [4.78, 5) is 14.2. The molecule has 1 aromatic carbocycles. The monoisotopic (exact) mass is 247 g/mol. The molecule has 1 aliphatic carbocycles. The van der Waals surface area contributed by atoms with Gasteiger partial charge in [-0.3, -0.25) is 4.79 Å². The summed E-state index contributed by atoms with van der Waals surface area (Å²) in [7, 11) is 3.98. The molecule has 0 bridgehead atoms. The van der Waals surface area contributed by atoms with Crippen molar-refractivity contribution < 1.29 is 4.79 Å². The molecule has 1 aromatic rings. The lowest BCUT2D eigenvalue weighted by atomic mass is 10.2. The molecule has 0 aromatic heterocycles. The molecule has 2 rings (SSSR count). The van der Waals surface area contributed by atoms with Crippen molar-refractivity contribution in [1.82, 2.24) is 10.2 Å². The summed E-state index contributed by atoms with van der Waals surface area (Å²) in [6.45, 7) is 1.63. The number of nitrogens with one attached hydrogen (secondary N) is 2. The van der Waals surface area contributed by atoms with Crippen LogP contribution in [-0.4, -0.2) is 44.0 Å². The largest absolute Gasteiger partial charge is 0.388 e. The first-order valence-electron chi connectivity index (χ1n) is 6.47. The molecule has 4 heteroatoms. The maximum atomic E-state index is 11.9. The smallest absolute Gasteiger partial charge is 0.251 e. The Kier molecular flexibility index (Phi) is 4.20. The van der Waals surface area contributed by atoms with Crippen molar-refractivity contribution in [3.05, 3.63) is 29.8 Å². The summed E-state index contributed by atoms with van der Waals surface area (Å²) in [5, 5.41) is 5.98. The minimum Gasteiger partial charge on any atom is -0.388 e. The van der Waals surface area contributed by atoms with Crippen LogP contribution < -0.4 is 10.6 Å². The van der Waals surface area contributed by atoms with Crippen molar-refractivity contribution in [3.63, 3.8) is 0 Å². The molecule has 0 aliphatic heterocycles. The van der Waals surface area contributed by atoms with Crippen LogP contribution >= 0.6 is 0 Å². The highest BCUT2D eigenvalue weighted by Gasteiger charge is 2.25. The molecule has 1 saturated carbocycles. The Hall–Kier alpha value is -1.55. The van der Waals surface area contributed by atoms with Gasteiger partial charge in [0.25, 0.3) is 5.91 Å². The van der Waals surface area contributed by atoms with Gasteiger partial charge in [-0.15, -0.1) is 0 Å². The van der Waals surface area contributed by atoms with E-state index in [0.29, 0.717) is 12.1 Å². The van der Waals surface area contributed by atoms with Gasteiger partial charge in [0.15, 0.2) is 0 Å². The van der Waals surface area contributed by atoms with Gasteiger partial charge in [0.1, 0.15) is 0 Å². The molecule has 0 atom stereocenters. The number of hydrogen-bond acceptors (Lipinski definition) is 3. The van der Waals surface area contributed by atoms with Crippen LogP contribution in [0.1, 0.15) is 23.2 Å². The van der Waals surface area contributed by atoms with Crippen LogP contribution in [0.4, 0.5) is 5.69 Å². The molecule has 1 fully saturated rings. The third-order valence-electron chi connectivity index (χ3n) is 3.36. The van der Waals surface area contributed by atoms with Crippen molar-refractivity contribution >= 4 is 11.6 Å². The first-order valence-corrected chi connectivity index (χ1v) is 6.47. The lowest BCUT2D eigenvalue weighted by molar-refractivity contribution is 0.0949. The lowest BCUT2D eigenvalue weighted by Crippen LogP contribution is -2.33. The molecule has 0 unspecified atom stereocenters. The number of rotatable bonds is 6. The summed E-state index contributed by atoms with van der Waals surface area (Å²) < 4.78 is 0. The summed E-state index contributed by atoms with van der Waals surface area (Å²) in [6.07, 6.45) is 2.60. The standard InChI is InChI=1S/C14H21N3O/c1-15-12-5-3-11(4-6-12)14(18)16-9-10-17(2)13-7-8-13/h3-6,13,15H,7-10H2,1-2H3,(H,16,18). The SMILES string of the molecule is CNc1ccc(C(=O)NCCN(C)C2CC2)cc1. The number of carbonyl (C=O) groups excluding carboxylic acids is 1. The average molecular weight is 247 g/mol. The highest BCUT2D eigenvalue weighted by molar-refractivity contribution is 5.94. The van der Waals surface area contributed by atoms with E-state index in [1.807, 2.05) is 31.3 Å². The van der Waals surface area contributed by atoms with E-state index in [1.165, 1.54) is 12.8 Å². The van der Waals surface area contributed by atoms with E-state index in [-0.39, 0.29) is 5.91 Å². The van der Waals surface area contributed by atoms with Crippen molar-refractivity contribution in [3.8, 4) is 0 Å². The number of carbonyl (C=O) groups is 1. The molecular weight excluding hydrogens is 226 g/mol. The fourth-order valence-electron chi connectivity index (χ4n) is 1.93. The van der Waals surface area contributed by atoms with Crippen molar-refractivity contribution in [2.45, 2.75) is 18.9 Å². The third-order valence-corrected chi connectivity index (χ3v) is 3.36. The van der Waals surface area contributed by atoms with Crippen LogP contribution in [-0.2, 0) is 0 Å². The molecule has 1 aliphatic rings. The van der Waals surface area contributed by atoms with Gasteiger partial charge in [0.2, 0.25) is 0 Å². The summed E-state index contributed by atoms with van der Waals surface area (Å²) in [5.74, 6) is 0.00171. The Morgan fingerprint density at radius 2 is 2.00 bits per heavy atom. The number of hydrogen-bond donors (Lipinski definition) is 2. The van der Waals surface area contributed by atoms with Gasteiger partial charge in [-0.1, -0.05) is 0 Å². The van der Waals surface area contributed by atoms with Crippen LogP contribution in [0, 0.1) is 0 Å². The van der Waals surface area contributed by atoms with E-state index in [0.717, 1.165) is 18.3 Å². The number of nitrogens with zero attached hydrogens (tertiary/aromatic N) is 1. The Morgan fingerprint density at radius 1 is 1.33 bits per heavy atom. The normalized spacial score (nSPS) is 14.6. The van der Waals surface area contributed by atoms with Crippen LogP contribution in [0.15, 0.2) is 24.3 Å². The minimum atomic E-state index is 0.00171. The zero-order valence-corrected chi connectivity index (χ0v) is 11.1. The zero-order valence-electron chi connectivity index (χ0n) is 11.1. The highest BCUT2D eigenvalue weighted by atomic mass is 16.1. The van der Waals surface area contributed by atoms with Gasteiger partial charge >= 0.3 is 0 Å². The van der Waals surface area contributed by atoms with E-state index in [1.54, 1.807) is 0 Å². The number of amides is 1. The summed E-state index contributed by atoms with van der Waals surface area (Å²) in [5.41, 5.74) is 1.73. The first kappa shape index (κ1) is 12.9. The fourth-order valence-corrected chi connectivity index (χ4v) is 1.93. The Morgan fingerprint density at radius 3 is 2.56 bits per heavy atom. The zero-order chi connectivity index (χ0) is 13.0. The quantitative estimate of drug-likeness (QED) is 0.801. The van der Waals surface area contributed by atoms with Gasteiger partial charge in [-0.05, 0) is 44.2 Å². The van der Waals surface area contributed by atoms with E-state index in [2.05, 4.69) is 22.6 Å². The van der Waals surface area contributed by atoms with Crippen molar-refractivity contribution in [2.75, 3.05) is 32.5 Å². The molecule has 0 spiro atoms. The second-order valence-corrected chi connectivity index (χ2v) is 4.80. The predicted molar refractivity (Wildman–Crippen MR) is 74.0 cm³/mol. The maximum absolute atomic E-state index is 11.9. The topological polar surface area (TPSA) is 44.4 Å². The number of benzene rings is 1. The molecule has 98 valence electrons. The minimum absolute atomic E-state index is 0.00171. The van der Waals surface area contributed by atoms with E-state index < -0.39 is 0 Å². The molecular formula is C14H21N3O. The van der Waals surface area contributed by atoms with Crippen molar-refractivity contribution in [2.24, 2.45) is 0 Å². The van der Waals surface area contributed by atoms with Crippen LogP contribution in [0.2, 0.25) is 0 Å². The van der Waals surface area contributed by atoms with Crippen LogP contribution in [0.3, 0.4) is 0 Å². The number of likely N-dealkylation sites (N-methyl/N-ethyl adjacent to an activating group) is 1. The summed E-state index contributed by atoms with van der Waals surface area (Å²) >= 11 is 0. The second kappa shape index (κ2) is 5.87. The number of anilines is 1. The molecule has 1 amide bonds. The van der Waals surface area contributed by atoms with Crippen LogP contribution in [0.5, 0.6) is 0 Å². The lowest BCUT2D eigenvalue weighted by Gasteiger charge is -2.15. The molecule has 0 saturated heterocycles. The highest BCUT2D eigenvalue weighted by Crippen LogP contribution is 2.24. The first-order chi connectivity index (χ1) is 8.70. The van der Waals surface area contributed by atoms with Gasteiger partial charge in [-0.25, -0.2) is 0 Å². The van der Waals surface area contributed by atoms with Gasteiger partial charge in [0, 0.05) is 37.4 Å². The van der Waals surface area contributed by atoms with Gasteiger partial charge in [0.05, 0.1) is 0 Å². The van der Waals surface area contributed by atoms with E-state index in [4.69, 9.17) is 0 Å². The average Bonchev–Trinajstić information content (AvgIpc) is 3.23. The predicted octanol–water partition coefficient (Wildman–Crippen LogP) is 1.55. The Balaban J connectivity index is 1.75. The fraction of sp³-hybridized carbons (Fsp3) is 0.500. The van der Waals surface area contributed by atoms with E-state index >= 15 is 0 Å². The molecule has 4 nitrogen and oxygen atoms in total. The maximum Gasteiger partial charge on any atom is 0.251 e. The molecule has 0 radical (unpaired) electrons. The van der Waals surface area contributed by atoms with Crippen molar-refractivity contribution in [1.29, 1.82) is 0 Å². The Labute approximate surface area is 108 Å². The van der Waals surface area contributed by atoms with Crippen LogP contribution in [0.25, 0.3) is 0 Å². The molecule has 18 heavy (non-hydrogen) atoms. The third kappa shape index (κ3) is 3.47.